The first-order valence-electron chi connectivity index (χ1n) is 6.84. The minimum Gasteiger partial charge on any atom is -0.481 e. The summed E-state index contributed by atoms with van der Waals surface area (Å²) in [4.78, 5) is 12.0. The molecule has 110 valence electrons. The maximum Gasteiger partial charge on any atom is 0.306 e. The van der Waals surface area contributed by atoms with Gasteiger partial charge in [-0.3, -0.25) is 4.79 Å². The Labute approximate surface area is 123 Å². The molecule has 0 atom stereocenters. The molecule has 0 spiro atoms. The van der Waals surface area contributed by atoms with Crippen molar-refractivity contribution in [2.45, 2.75) is 43.1 Å². The Morgan fingerprint density at radius 3 is 2.70 bits per heavy atom. The lowest BCUT2D eigenvalue weighted by Gasteiger charge is -2.34. The number of nitrogens with two attached hydrogens (primary N) is 1. The number of carboxylic acid groups (broad SMARTS) is 1. The number of anilines is 1. The Morgan fingerprint density at radius 2 is 2.10 bits per heavy atom. The van der Waals surface area contributed by atoms with Gasteiger partial charge in [0.1, 0.15) is 0 Å². The molecule has 20 heavy (non-hydrogen) atoms. The molecular formula is C15H21NO3S. The third-order valence-electron chi connectivity index (χ3n) is 4.09. The van der Waals surface area contributed by atoms with Crippen LogP contribution in [-0.2, 0) is 4.79 Å². The summed E-state index contributed by atoms with van der Waals surface area (Å²) in [6.07, 6.45) is 2.22. The summed E-state index contributed by atoms with van der Waals surface area (Å²) < 4.78 is 0. The standard InChI is InChI=1S/C15H21NO3S/c1-10-12(16)3-2-4-13(10)20-9-15(19)7-5-11(6-8-15)14(17)18/h2-4,11,19H,5-9,16H2,1H3,(H,17,18). The van der Waals surface area contributed by atoms with Gasteiger partial charge < -0.3 is 15.9 Å². The molecule has 4 N–H and O–H groups in total. The van der Waals surface area contributed by atoms with E-state index in [1.165, 1.54) is 0 Å². The molecule has 1 aliphatic carbocycles. The smallest absolute Gasteiger partial charge is 0.306 e. The molecule has 0 aromatic heterocycles. The summed E-state index contributed by atoms with van der Waals surface area (Å²) in [6.45, 7) is 1.98. The van der Waals surface area contributed by atoms with Crippen molar-refractivity contribution in [1.82, 2.24) is 0 Å². The van der Waals surface area contributed by atoms with Crippen LogP contribution in [0.25, 0.3) is 0 Å². The second-order valence-electron chi connectivity index (χ2n) is 5.60. The second kappa shape index (κ2) is 6.06. The zero-order valence-electron chi connectivity index (χ0n) is 11.6. The van der Waals surface area contributed by atoms with Crippen LogP contribution in [0.15, 0.2) is 23.1 Å². The molecule has 1 fully saturated rings. The van der Waals surface area contributed by atoms with Crippen LogP contribution in [0.2, 0.25) is 0 Å². The molecule has 2 rings (SSSR count). The number of aliphatic hydroxyl groups is 1. The van der Waals surface area contributed by atoms with Crippen molar-refractivity contribution >= 4 is 23.4 Å². The van der Waals surface area contributed by atoms with Gasteiger partial charge in [0.05, 0.1) is 11.5 Å². The highest BCUT2D eigenvalue weighted by molar-refractivity contribution is 7.99. The lowest BCUT2D eigenvalue weighted by molar-refractivity contribution is -0.144. The number of hydrogen-bond acceptors (Lipinski definition) is 4. The SMILES string of the molecule is Cc1c(N)cccc1SCC1(O)CCC(C(=O)O)CC1. The summed E-state index contributed by atoms with van der Waals surface area (Å²) in [7, 11) is 0. The zero-order valence-corrected chi connectivity index (χ0v) is 12.4. The topological polar surface area (TPSA) is 83.5 Å². The highest BCUT2D eigenvalue weighted by atomic mass is 32.2. The van der Waals surface area contributed by atoms with E-state index in [4.69, 9.17) is 10.8 Å². The molecule has 0 saturated heterocycles. The van der Waals surface area contributed by atoms with E-state index in [0.29, 0.717) is 31.4 Å². The average Bonchev–Trinajstić information content (AvgIpc) is 2.41. The average molecular weight is 295 g/mol. The Balaban J connectivity index is 1.94. The fourth-order valence-corrected chi connectivity index (χ4v) is 3.77. The van der Waals surface area contributed by atoms with E-state index in [9.17, 15) is 9.90 Å². The van der Waals surface area contributed by atoms with Gasteiger partial charge in [-0.2, -0.15) is 0 Å². The van der Waals surface area contributed by atoms with Crippen LogP contribution < -0.4 is 5.73 Å². The number of hydrogen-bond donors (Lipinski definition) is 3. The van der Waals surface area contributed by atoms with Crippen LogP contribution in [0.3, 0.4) is 0 Å². The van der Waals surface area contributed by atoms with E-state index < -0.39 is 11.6 Å². The number of thioether (sulfide) groups is 1. The first kappa shape index (κ1) is 15.2. The molecular weight excluding hydrogens is 274 g/mol. The maximum atomic E-state index is 10.9. The fourth-order valence-electron chi connectivity index (χ4n) is 2.55. The summed E-state index contributed by atoms with van der Waals surface area (Å²) in [5.74, 6) is -0.454. The molecule has 0 aliphatic heterocycles. The summed E-state index contributed by atoms with van der Waals surface area (Å²) >= 11 is 1.60. The summed E-state index contributed by atoms with van der Waals surface area (Å²) in [5, 5.41) is 19.5. The summed E-state index contributed by atoms with van der Waals surface area (Å²) in [6, 6.07) is 5.78. The molecule has 1 saturated carbocycles. The van der Waals surface area contributed by atoms with E-state index in [1.54, 1.807) is 11.8 Å². The second-order valence-corrected chi connectivity index (χ2v) is 6.61. The predicted molar refractivity (Wildman–Crippen MR) is 80.9 cm³/mol. The Morgan fingerprint density at radius 1 is 1.45 bits per heavy atom. The molecule has 0 amide bonds. The largest absolute Gasteiger partial charge is 0.481 e. The van der Waals surface area contributed by atoms with Crippen LogP contribution >= 0.6 is 11.8 Å². The number of nitrogen functional groups attached to an aromatic ring is 1. The molecule has 0 radical (unpaired) electrons. The third kappa shape index (κ3) is 3.46. The predicted octanol–water partition coefficient (Wildman–Crippen LogP) is 2.68. The lowest BCUT2D eigenvalue weighted by atomic mass is 9.80. The van der Waals surface area contributed by atoms with Crippen molar-refractivity contribution in [1.29, 1.82) is 0 Å². The molecule has 4 nitrogen and oxygen atoms in total. The Bertz CT molecular complexity index is 496. The number of rotatable bonds is 4. The molecule has 0 bridgehead atoms. The Hall–Kier alpha value is -1.20. The van der Waals surface area contributed by atoms with Crippen molar-refractivity contribution in [2.24, 2.45) is 5.92 Å². The van der Waals surface area contributed by atoms with Crippen molar-refractivity contribution in [3.63, 3.8) is 0 Å². The van der Waals surface area contributed by atoms with Crippen LogP contribution in [0.5, 0.6) is 0 Å². The quantitative estimate of drug-likeness (QED) is 0.587. The van der Waals surface area contributed by atoms with Gasteiger partial charge in [-0.25, -0.2) is 0 Å². The van der Waals surface area contributed by atoms with Crippen molar-refractivity contribution in [3.8, 4) is 0 Å². The van der Waals surface area contributed by atoms with Gasteiger partial charge in [0.25, 0.3) is 0 Å². The summed E-state index contributed by atoms with van der Waals surface area (Å²) in [5.41, 5.74) is 6.92. The van der Waals surface area contributed by atoms with Crippen molar-refractivity contribution in [3.05, 3.63) is 23.8 Å². The van der Waals surface area contributed by atoms with Gasteiger partial charge in [-0.05, 0) is 50.3 Å². The first-order valence-corrected chi connectivity index (χ1v) is 7.83. The molecule has 1 aromatic rings. The molecule has 1 aromatic carbocycles. The Kier molecular flexibility index (Phi) is 4.60. The monoisotopic (exact) mass is 295 g/mol. The number of aliphatic carboxylic acids is 1. The van der Waals surface area contributed by atoms with Gasteiger partial charge in [0, 0.05) is 16.3 Å². The first-order chi connectivity index (χ1) is 9.41. The molecule has 1 aliphatic rings. The van der Waals surface area contributed by atoms with Gasteiger partial charge in [-0.15, -0.1) is 11.8 Å². The lowest BCUT2D eigenvalue weighted by Crippen LogP contribution is -2.38. The minimum atomic E-state index is -0.756. The van der Waals surface area contributed by atoms with E-state index in [0.717, 1.165) is 16.1 Å². The van der Waals surface area contributed by atoms with E-state index in [2.05, 4.69) is 0 Å². The van der Waals surface area contributed by atoms with Crippen LogP contribution in [0.1, 0.15) is 31.2 Å². The normalized spacial score (nSPS) is 26.4. The van der Waals surface area contributed by atoms with E-state index in [-0.39, 0.29) is 5.92 Å². The zero-order chi connectivity index (χ0) is 14.8. The van der Waals surface area contributed by atoms with Crippen molar-refractivity contribution in [2.75, 3.05) is 11.5 Å². The van der Waals surface area contributed by atoms with Crippen LogP contribution in [-0.4, -0.2) is 27.5 Å². The van der Waals surface area contributed by atoms with E-state index >= 15 is 0 Å². The highest BCUT2D eigenvalue weighted by Crippen LogP contribution is 2.37. The third-order valence-corrected chi connectivity index (χ3v) is 5.52. The van der Waals surface area contributed by atoms with Gasteiger partial charge in [-0.1, -0.05) is 6.07 Å². The molecule has 5 heteroatoms. The number of carbonyl (C=O) groups is 1. The van der Waals surface area contributed by atoms with Crippen LogP contribution in [0, 0.1) is 12.8 Å². The van der Waals surface area contributed by atoms with Gasteiger partial charge in [0.15, 0.2) is 0 Å². The molecule has 0 heterocycles. The molecule has 0 unspecified atom stereocenters. The van der Waals surface area contributed by atoms with E-state index in [1.807, 2.05) is 25.1 Å². The van der Waals surface area contributed by atoms with Gasteiger partial charge in [0.2, 0.25) is 0 Å². The van der Waals surface area contributed by atoms with Crippen LogP contribution in [0.4, 0.5) is 5.69 Å². The number of carboxylic acids is 1. The van der Waals surface area contributed by atoms with Crippen molar-refractivity contribution < 1.29 is 15.0 Å². The number of benzene rings is 1. The highest BCUT2D eigenvalue weighted by Gasteiger charge is 2.35. The minimum absolute atomic E-state index is 0.297. The maximum absolute atomic E-state index is 10.9. The van der Waals surface area contributed by atoms with Gasteiger partial charge >= 0.3 is 5.97 Å². The fraction of sp³-hybridized carbons (Fsp3) is 0.533.